The molecule has 4 rings (SSSR count). The van der Waals surface area contributed by atoms with E-state index in [2.05, 4.69) is 32.9 Å². The second-order valence-electron chi connectivity index (χ2n) is 9.26. The summed E-state index contributed by atoms with van der Waals surface area (Å²) in [5.74, 6) is 0.528. The van der Waals surface area contributed by atoms with Gasteiger partial charge >= 0.3 is 0 Å². The zero-order valence-electron chi connectivity index (χ0n) is 22.9. The van der Waals surface area contributed by atoms with Gasteiger partial charge < -0.3 is 15.1 Å². The van der Waals surface area contributed by atoms with Gasteiger partial charge in [-0.25, -0.2) is 5.10 Å². The summed E-state index contributed by atoms with van der Waals surface area (Å²) in [7, 11) is 1.94. The molecule has 9 heteroatoms. The molecule has 1 heterocycles. The van der Waals surface area contributed by atoms with Gasteiger partial charge in [0.05, 0.1) is 11.4 Å². The molecule has 3 aromatic carbocycles. The fourth-order valence-electron chi connectivity index (χ4n) is 4.51. The van der Waals surface area contributed by atoms with Crippen LogP contribution < -0.4 is 10.2 Å². The number of nitrogens with one attached hydrogen (secondary N) is 2. The Bertz CT molecular complexity index is 1400. The minimum absolute atomic E-state index is 0.0348. The van der Waals surface area contributed by atoms with Crippen LogP contribution in [0.25, 0.3) is 22.5 Å². The predicted molar refractivity (Wildman–Crippen MR) is 155 cm³/mol. The Hall–Kier alpha value is -4.53. The van der Waals surface area contributed by atoms with Gasteiger partial charge in [0.25, 0.3) is 5.91 Å². The molecular weight excluding hydrogens is 490 g/mol. The zero-order valence-corrected chi connectivity index (χ0v) is 22.9. The van der Waals surface area contributed by atoms with E-state index in [1.165, 1.54) is 0 Å². The molecule has 9 nitrogen and oxygen atoms in total. The van der Waals surface area contributed by atoms with Crippen molar-refractivity contribution in [2.75, 3.05) is 30.4 Å². The van der Waals surface area contributed by atoms with Crippen molar-refractivity contribution in [3.8, 4) is 22.5 Å². The Balaban J connectivity index is 1.68. The summed E-state index contributed by atoms with van der Waals surface area (Å²) in [5.41, 5.74) is 5.83. The summed E-state index contributed by atoms with van der Waals surface area (Å²) in [6.45, 7) is 7.25. The Labute approximate surface area is 229 Å². The van der Waals surface area contributed by atoms with Crippen molar-refractivity contribution in [2.24, 2.45) is 0 Å². The molecule has 0 fully saturated rings. The topological polar surface area (TPSA) is 107 Å². The van der Waals surface area contributed by atoms with E-state index in [-0.39, 0.29) is 11.8 Å². The molecule has 0 aliphatic rings. The number of rotatable bonds is 11. The van der Waals surface area contributed by atoms with Crippen LogP contribution in [-0.4, -0.2) is 57.5 Å². The van der Waals surface area contributed by atoms with Crippen LogP contribution >= 0.6 is 0 Å². The normalized spacial score (nSPS) is 10.8. The van der Waals surface area contributed by atoms with Gasteiger partial charge in [-0.3, -0.25) is 9.59 Å². The van der Waals surface area contributed by atoms with Crippen LogP contribution in [0.4, 0.5) is 17.1 Å². The van der Waals surface area contributed by atoms with Gasteiger partial charge in [-0.15, -0.1) is 5.10 Å². The number of anilines is 3. The van der Waals surface area contributed by atoms with Crippen LogP contribution in [0.5, 0.6) is 0 Å². The number of nitrogens with zero attached hydrogens (tertiary/aromatic N) is 5. The molecule has 0 saturated heterocycles. The van der Waals surface area contributed by atoms with E-state index in [9.17, 15) is 9.59 Å². The third-order valence-corrected chi connectivity index (χ3v) is 6.78. The summed E-state index contributed by atoms with van der Waals surface area (Å²) in [6.07, 6.45) is 2.22. The number of hydrogen-bond donors (Lipinski definition) is 2. The summed E-state index contributed by atoms with van der Waals surface area (Å²) >= 11 is 0. The van der Waals surface area contributed by atoms with Crippen LogP contribution in [0.1, 0.15) is 50.4 Å². The molecule has 0 radical (unpaired) electrons. The molecule has 0 atom stereocenters. The molecule has 1 aromatic heterocycles. The lowest BCUT2D eigenvalue weighted by Gasteiger charge is -2.25. The number of amides is 2. The number of aromatic amines is 1. The lowest BCUT2D eigenvalue weighted by atomic mass is 9.99. The fraction of sp³-hybridized carbons (Fsp3) is 0.300. The highest BCUT2D eigenvalue weighted by atomic mass is 16.2. The number of tetrazole rings is 1. The van der Waals surface area contributed by atoms with Crippen molar-refractivity contribution in [3.63, 3.8) is 0 Å². The van der Waals surface area contributed by atoms with E-state index in [4.69, 9.17) is 0 Å². The molecule has 39 heavy (non-hydrogen) atoms. The number of aromatic nitrogens is 4. The van der Waals surface area contributed by atoms with E-state index in [0.717, 1.165) is 40.9 Å². The van der Waals surface area contributed by atoms with E-state index in [0.29, 0.717) is 36.6 Å². The van der Waals surface area contributed by atoms with Gasteiger partial charge in [0.15, 0.2) is 5.82 Å². The zero-order chi connectivity index (χ0) is 27.8. The lowest BCUT2D eigenvalue weighted by molar-refractivity contribution is -0.116. The monoisotopic (exact) mass is 525 g/mol. The van der Waals surface area contributed by atoms with Gasteiger partial charge in [0, 0.05) is 43.4 Å². The first-order valence-electron chi connectivity index (χ1n) is 13.4. The molecule has 2 N–H and O–H groups in total. The SMILES string of the molecule is CCCCC(=O)Nc1ccc(C(=O)N(CC)CC)cc1N(C)c1ccc(-c2ccccc2-c2nnn[nH]2)cc1. The molecule has 2 amide bonds. The second-order valence-corrected chi connectivity index (χ2v) is 9.26. The molecule has 4 aromatic rings. The number of unbranched alkanes of at least 4 members (excludes halogenated alkanes) is 1. The molecule has 0 aliphatic heterocycles. The smallest absolute Gasteiger partial charge is 0.253 e. The van der Waals surface area contributed by atoms with E-state index >= 15 is 0 Å². The fourth-order valence-corrected chi connectivity index (χ4v) is 4.51. The van der Waals surface area contributed by atoms with Gasteiger partial charge in [0.2, 0.25) is 5.91 Å². The average Bonchev–Trinajstić information content (AvgIpc) is 3.52. The molecule has 0 spiro atoms. The molecule has 0 aliphatic carbocycles. The van der Waals surface area contributed by atoms with Crippen molar-refractivity contribution in [3.05, 3.63) is 72.3 Å². The highest BCUT2D eigenvalue weighted by Crippen LogP contribution is 2.35. The van der Waals surface area contributed by atoms with E-state index in [1.54, 1.807) is 11.0 Å². The number of hydrogen-bond acceptors (Lipinski definition) is 6. The molecule has 0 bridgehead atoms. The highest BCUT2D eigenvalue weighted by molar-refractivity contribution is 6.00. The van der Waals surface area contributed by atoms with Gasteiger partial charge in [-0.05, 0) is 72.2 Å². The summed E-state index contributed by atoms with van der Waals surface area (Å²) < 4.78 is 0. The van der Waals surface area contributed by atoms with Crippen molar-refractivity contribution in [2.45, 2.75) is 40.0 Å². The molecule has 0 saturated carbocycles. The second kappa shape index (κ2) is 12.8. The average molecular weight is 526 g/mol. The third-order valence-electron chi connectivity index (χ3n) is 6.78. The maximum absolute atomic E-state index is 13.1. The van der Waals surface area contributed by atoms with Crippen LogP contribution in [0.3, 0.4) is 0 Å². The molecular formula is C30H35N7O2. The van der Waals surface area contributed by atoms with E-state index < -0.39 is 0 Å². The maximum Gasteiger partial charge on any atom is 0.253 e. The first kappa shape index (κ1) is 27.5. The Morgan fingerprint density at radius 3 is 2.28 bits per heavy atom. The highest BCUT2D eigenvalue weighted by Gasteiger charge is 2.19. The van der Waals surface area contributed by atoms with Gasteiger partial charge in [-0.1, -0.05) is 49.7 Å². The summed E-state index contributed by atoms with van der Waals surface area (Å²) in [6, 6.07) is 21.5. The van der Waals surface area contributed by atoms with Crippen LogP contribution in [-0.2, 0) is 4.79 Å². The maximum atomic E-state index is 13.1. The minimum atomic E-state index is -0.0387. The van der Waals surface area contributed by atoms with Crippen LogP contribution in [0.15, 0.2) is 66.7 Å². The number of H-pyrrole nitrogens is 1. The van der Waals surface area contributed by atoms with Crippen LogP contribution in [0.2, 0.25) is 0 Å². The first-order valence-corrected chi connectivity index (χ1v) is 13.4. The first-order chi connectivity index (χ1) is 19.0. The number of carbonyl (C=O) groups is 2. The minimum Gasteiger partial charge on any atom is -0.343 e. The molecule has 202 valence electrons. The standard InChI is InChI=1S/C30H35N7O2/c1-5-8-13-28(38)31-26-19-16-22(30(39)37(6-2)7-3)20-27(26)36(4)23-17-14-21(15-18-23)24-11-9-10-12-25(24)29-32-34-35-33-29/h9-12,14-20H,5-8,13H2,1-4H3,(H,31,38)(H,32,33,34,35). The quantitative estimate of drug-likeness (QED) is 0.252. The van der Waals surface area contributed by atoms with Crippen molar-refractivity contribution in [1.82, 2.24) is 25.5 Å². The largest absolute Gasteiger partial charge is 0.343 e. The predicted octanol–water partition coefficient (Wildman–Crippen LogP) is 5.91. The van der Waals surface area contributed by atoms with Crippen molar-refractivity contribution >= 4 is 28.9 Å². The summed E-state index contributed by atoms with van der Waals surface area (Å²) in [5, 5.41) is 17.4. The lowest BCUT2D eigenvalue weighted by Crippen LogP contribution is -2.30. The Morgan fingerprint density at radius 2 is 1.64 bits per heavy atom. The number of carbonyl (C=O) groups excluding carboxylic acids is 2. The Morgan fingerprint density at radius 1 is 0.923 bits per heavy atom. The summed E-state index contributed by atoms with van der Waals surface area (Å²) in [4.78, 5) is 29.5. The van der Waals surface area contributed by atoms with Gasteiger partial charge in [-0.2, -0.15) is 0 Å². The Kier molecular flexibility index (Phi) is 9.04. The van der Waals surface area contributed by atoms with Crippen LogP contribution in [0, 0.1) is 0 Å². The third kappa shape index (κ3) is 6.31. The van der Waals surface area contributed by atoms with E-state index in [1.807, 2.05) is 86.5 Å². The number of benzene rings is 3. The van der Waals surface area contributed by atoms with Gasteiger partial charge in [0.1, 0.15) is 0 Å². The van der Waals surface area contributed by atoms with Crippen molar-refractivity contribution < 1.29 is 9.59 Å². The van der Waals surface area contributed by atoms with Crippen molar-refractivity contribution in [1.29, 1.82) is 0 Å². The molecule has 0 unspecified atom stereocenters.